The third kappa shape index (κ3) is 4.52. The molecule has 0 spiro atoms. The minimum absolute atomic E-state index is 0.0344. The smallest absolute Gasteiger partial charge is 0.237 e. The standard InChI is InChI=1S/C25H31N7O2/c1-32-10-3-2-5-20(32)24(33)30-14-25(8-4-9-25)15-34-23-18(17-11-27-16-28-12-17)6-7-19-22(23)31-21(26)13-29-19/h6-7,11-13,16,20H,2-5,8-10,14-15H2,1H3,(H2,26,31)(H,30,33). The van der Waals surface area contributed by atoms with Gasteiger partial charge in [0.15, 0.2) is 5.75 Å². The van der Waals surface area contributed by atoms with E-state index in [4.69, 9.17) is 10.5 Å². The van der Waals surface area contributed by atoms with Crippen molar-refractivity contribution in [2.75, 3.05) is 32.5 Å². The summed E-state index contributed by atoms with van der Waals surface area (Å²) in [6.45, 7) is 2.06. The molecule has 2 aromatic heterocycles. The normalized spacial score (nSPS) is 20.0. The average Bonchev–Trinajstić information content (AvgIpc) is 2.83. The van der Waals surface area contributed by atoms with E-state index in [1.165, 1.54) is 6.33 Å². The average molecular weight is 462 g/mol. The number of amides is 1. The number of ether oxygens (including phenoxy) is 1. The third-order valence-electron chi connectivity index (χ3n) is 7.21. The maximum atomic E-state index is 12.9. The number of likely N-dealkylation sites (tertiary alicyclic amines) is 1. The molecule has 9 nitrogen and oxygen atoms in total. The second-order valence-electron chi connectivity index (χ2n) is 9.58. The van der Waals surface area contributed by atoms with Crippen molar-refractivity contribution in [1.29, 1.82) is 0 Å². The molecular weight excluding hydrogens is 430 g/mol. The Morgan fingerprint density at radius 3 is 2.76 bits per heavy atom. The van der Waals surface area contributed by atoms with Gasteiger partial charge in [0.05, 0.1) is 24.4 Å². The zero-order valence-electron chi connectivity index (χ0n) is 19.5. The van der Waals surface area contributed by atoms with Crippen molar-refractivity contribution in [2.24, 2.45) is 5.41 Å². The van der Waals surface area contributed by atoms with Crippen LogP contribution >= 0.6 is 0 Å². The molecule has 1 saturated carbocycles. The predicted octanol–water partition coefficient (Wildman–Crippen LogP) is 2.82. The number of benzene rings is 1. The fourth-order valence-electron chi connectivity index (χ4n) is 4.95. The molecule has 1 aliphatic heterocycles. The van der Waals surface area contributed by atoms with Crippen molar-refractivity contribution in [3.63, 3.8) is 0 Å². The number of nitrogens with zero attached hydrogens (tertiary/aromatic N) is 5. The zero-order chi connectivity index (χ0) is 23.5. The van der Waals surface area contributed by atoms with Crippen LogP contribution in [0, 0.1) is 5.41 Å². The first-order valence-corrected chi connectivity index (χ1v) is 12.0. The van der Waals surface area contributed by atoms with Gasteiger partial charge in [-0.05, 0) is 51.4 Å². The van der Waals surface area contributed by atoms with Gasteiger partial charge in [0.1, 0.15) is 17.7 Å². The van der Waals surface area contributed by atoms with Crippen LogP contribution in [0.5, 0.6) is 5.75 Å². The Kier molecular flexibility index (Phi) is 6.28. The summed E-state index contributed by atoms with van der Waals surface area (Å²) in [7, 11) is 2.04. The van der Waals surface area contributed by atoms with Gasteiger partial charge < -0.3 is 15.8 Å². The van der Waals surface area contributed by atoms with Gasteiger partial charge in [0, 0.05) is 35.5 Å². The first kappa shape index (κ1) is 22.5. The lowest BCUT2D eigenvalue weighted by molar-refractivity contribution is -0.128. The van der Waals surface area contributed by atoms with Crippen LogP contribution in [0.3, 0.4) is 0 Å². The first-order chi connectivity index (χ1) is 16.5. The molecule has 3 N–H and O–H groups in total. The number of hydrogen-bond donors (Lipinski definition) is 2. The van der Waals surface area contributed by atoms with Crippen LogP contribution < -0.4 is 15.8 Å². The summed E-state index contributed by atoms with van der Waals surface area (Å²) in [5, 5.41) is 3.23. The van der Waals surface area contributed by atoms with Crippen molar-refractivity contribution in [1.82, 2.24) is 30.2 Å². The number of carbonyl (C=O) groups is 1. The summed E-state index contributed by atoms with van der Waals surface area (Å²) in [5.41, 5.74) is 8.86. The molecule has 2 fully saturated rings. The lowest BCUT2D eigenvalue weighted by atomic mass is 9.69. The molecule has 1 amide bonds. The highest BCUT2D eigenvalue weighted by Gasteiger charge is 2.39. The monoisotopic (exact) mass is 461 g/mol. The largest absolute Gasteiger partial charge is 0.490 e. The van der Waals surface area contributed by atoms with Gasteiger partial charge in [0.2, 0.25) is 5.91 Å². The third-order valence-corrected chi connectivity index (χ3v) is 7.21. The zero-order valence-corrected chi connectivity index (χ0v) is 19.5. The van der Waals surface area contributed by atoms with Crippen LogP contribution in [0.25, 0.3) is 22.2 Å². The van der Waals surface area contributed by atoms with Crippen molar-refractivity contribution in [3.05, 3.63) is 37.1 Å². The van der Waals surface area contributed by atoms with Crippen molar-refractivity contribution >= 4 is 22.8 Å². The van der Waals surface area contributed by atoms with Gasteiger partial charge >= 0.3 is 0 Å². The predicted molar refractivity (Wildman–Crippen MR) is 130 cm³/mol. The number of piperidine rings is 1. The number of carbonyl (C=O) groups excluding carboxylic acids is 1. The number of aromatic nitrogens is 4. The van der Waals surface area contributed by atoms with Gasteiger partial charge in [-0.2, -0.15) is 0 Å². The van der Waals surface area contributed by atoms with Crippen molar-refractivity contribution < 1.29 is 9.53 Å². The van der Waals surface area contributed by atoms with Crippen LogP contribution in [-0.4, -0.2) is 63.5 Å². The van der Waals surface area contributed by atoms with E-state index in [2.05, 4.69) is 30.2 Å². The molecule has 1 aromatic carbocycles. The fourth-order valence-corrected chi connectivity index (χ4v) is 4.95. The van der Waals surface area contributed by atoms with Gasteiger partial charge in [-0.1, -0.05) is 12.8 Å². The fraction of sp³-hybridized carbons (Fsp3) is 0.480. The Balaban J connectivity index is 1.37. The highest BCUT2D eigenvalue weighted by Crippen LogP contribution is 2.43. The van der Waals surface area contributed by atoms with Crippen LogP contribution in [0.1, 0.15) is 38.5 Å². The number of hydrogen-bond acceptors (Lipinski definition) is 8. The lowest BCUT2D eigenvalue weighted by Gasteiger charge is -2.42. The molecule has 178 valence electrons. The maximum absolute atomic E-state index is 12.9. The number of rotatable bonds is 7. The van der Waals surface area contributed by atoms with Crippen LogP contribution in [-0.2, 0) is 4.79 Å². The molecule has 0 bridgehead atoms. The van der Waals surface area contributed by atoms with Crippen LogP contribution in [0.15, 0.2) is 37.1 Å². The van der Waals surface area contributed by atoms with E-state index < -0.39 is 0 Å². The van der Waals surface area contributed by atoms with E-state index in [-0.39, 0.29) is 17.4 Å². The Hall–Kier alpha value is -3.33. The molecule has 5 rings (SSSR count). The van der Waals surface area contributed by atoms with Crippen LogP contribution in [0.4, 0.5) is 5.82 Å². The molecule has 1 atom stereocenters. The number of fused-ring (bicyclic) bond motifs is 1. The van der Waals surface area contributed by atoms with Crippen molar-refractivity contribution in [3.8, 4) is 16.9 Å². The molecule has 0 radical (unpaired) electrons. The molecule has 3 heterocycles. The number of nitrogens with one attached hydrogen (secondary N) is 1. The number of likely N-dealkylation sites (N-methyl/N-ethyl adjacent to an activating group) is 1. The van der Waals surface area contributed by atoms with E-state index in [0.29, 0.717) is 35.8 Å². The van der Waals surface area contributed by atoms with Crippen LogP contribution in [0.2, 0.25) is 0 Å². The minimum atomic E-state index is -0.0940. The van der Waals surface area contributed by atoms with E-state index in [1.807, 2.05) is 19.2 Å². The summed E-state index contributed by atoms with van der Waals surface area (Å²) in [6, 6.07) is 3.82. The quantitative estimate of drug-likeness (QED) is 0.551. The molecule has 3 aromatic rings. The molecule has 1 saturated heterocycles. The minimum Gasteiger partial charge on any atom is -0.490 e. The molecular formula is C25H31N7O2. The number of anilines is 1. The van der Waals surface area contributed by atoms with Gasteiger partial charge in [-0.15, -0.1) is 0 Å². The summed E-state index contributed by atoms with van der Waals surface area (Å²) >= 11 is 0. The number of nitrogens with two attached hydrogens (primary N) is 1. The summed E-state index contributed by atoms with van der Waals surface area (Å²) in [5.74, 6) is 1.08. The summed E-state index contributed by atoms with van der Waals surface area (Å²) in [4.78, 5) is 32.3. The Bertz CT molecular complexity index is 1170. The van der Waals surface area contributed by atoms with E-state index in [1.54, 1.807) is 18.6 Å². The van der Waals surface area contributed by atoms with Crippen molar-refractivity contribution in [2.45, 2.75) is 44.6 Å². The summed E-state index contributed by atoms with van der Waals surface area (Å²) in [6.07, 6.45) is 12.9. The second kappa shape index (κ2) is 9.50. The molecule has 9 heteroatoms. The lowest BCUT2D eigenvalue weighted by Crippen LogP contribution is -2.52. The van der Waals surface area contributed by atoms with E-state index >= 15 is 0 Å². The van der Waals surface area contributed by atoms with Gasteiger partial charge in [-0.3, -0.25) is 14.7 Å². The molecule has 1 aliphatic carbocycles. The SMILES string of the molecule is CN1CCCCC1C(=O)NCC1(COc2c(-c3cncnc3)ccc3ncc(N)nc23)CCC1. The Morgan fingerprint density at radius 1 is 1.21 bits per heavy atom. The first-order valence-electron chi connectivity index (χ1n) is 12.0. The van der Waals surface area contributed by atoms with Gasteiger partial charge in [-0.25, -0.2) is 15.0 Å². The molecule has 2 aliphatic rings. The number of nitrogen functional groups attached to an aromatic ring is 1. The van der Waals surface area contributed by atoms with Gasteiger partial charge in [0.25, 0.3) is 0 Å². The summed E-state index contributed by atoms with van der Waals surface area (Å²) < 4.78 is 6.49. The highest BCUT2D eigenvalue weighted by molar-refractivity contribution is 5.90. The second-order valence-corrected chi connectivity index (χ2v) is 9.58. The topological polar surface area (TPSA) is 119 Å². The molecule has 1 unspecified atom stereocenters. The maximum Gasteiger partial charge on any atom is 0.237 e. The Labute approximate surface area is 199 Å². The van der Waals surface area contributed by atoms with E-state index in [9.17, 15) is 4.79 Å². The van der Waals surface area contributed by atoms with E-state index in [0.717, 1.165) is 56.2 Å². The Morgan fingerprint density at radius 2 is 2.03 bits per heavy atom. The molecule has 34 heavy (non-hydrogen) atoms. The highest BCUT2D eigenvalue weighted by atomic mass is 16.5.